The zero-order valence-corrected chi connectivity index (χ0v) is 10.2. The highest BCUT2D eigenvalue weighted by Crippen LogP contribution is 2.22. The normalized spacial score (nSPS) is 10.3. The van der Waals surface area contributed by atoms with E-state index in [-0.39, 0.29) is 12.4 Å². The van der Waals surface area contributed by atoms with Crippen molar-refractivity contribution in [3.8, 4) is 5.75 Å². The van der Waals surface area contributed by atoms with E-state index in [0.717, 1.165) is 0 Å². The molecule has 0 unspecified atom stereocenters. The summed E-state index contributed by atoms with van der Waals surface area (Å²) in [7, 11) is 0. The second-order valence-corrected chi connectivity index (χ2v) is 4.11. The number of benzene rings is 1. The molecular formula is C12H8Cl2FNO. The quantitative estimate of drug-likeness (QED) is 0.784. The van der Waals surface area contributed by atoms with Crippen LogP contribution in [0.5, 0.6) is 5.75 Å². The first-order valence-corrected chi connectivity index (χ1v) is 5.59. The maximum atomic E-state index is 13.3. The molecule has 17 heavy (non-hydrogen) atoms. The lowest BCUT2D eigenvalue weighted by molar-refractivity contribution is 0.290. The summed E-state index contributed by atoms with van der Waals surface area (Å²) in [6.07, 6.45) is 1.51. The predicted molar refractivity (Wildman–Crippen MR) is 65.0 cm³/mol. The van der Waals surface area contributed by atoms with Gasteiger partial charge in [-0.05, 0) is 18.2 Å². The van der Waals surface area contributed by atoms with Crippen LogP contribution in [-0.4, -0.2) is 4.98 Å². The molecule has 2 nitrogen and oxygen atoms in total. The number of hydrogen-bond acceptors (Lipinski definition) is 2. The van der Waals surface area contributed by atoms with Gasteiger partial charge in [0, 0.05) is 11.8 Å². The molecule has 0 aliphatic carbocycles. The van der Waals surface area contributed by atoms with Gasteiger partial charge in [0.25, 0.3) is 0 Å². The van der Waals surface area contributed by atoms with Crippen LogP contribution < -0.4 is 4.74 Å². The number of ether oxygens (including phenoxy) is 1. The third-order valence-electron chi connectivity index (χ3n) is 2.12. The fraction of sp³-hybridized carbons (Fsp3) is 0.0833. The summed E-state index contributed by atoms with van der Waals surface area (Å²) in [4.78, 5) is 3.88. The Morgan fingerprint density at radius 1 is 1.24 bits per heavy atom. The average molecular weight is 272 g/mol. The Morgan fingerprint density at radius 3 is 2.71 bits per heavy atom. The molecule has 1 aromatic heterocycles. The number of halogens is 3. The largest absolute Gasteiger partial charge is 0.486 e. The van der Waals surface area contributed by atoms with Crippen LogP contribution in [0, 0.1) is 5.82 Å². The molecule has 0 aliphatic rings. The van der Waals surface area contributed by atoms with Gasteiger partial charge >= 0.3 is 0 Å². The number of para-hydroxylation sites is 1. The van der Waals surface area contributed by atoms with Crippen LogP contribution in [0.15, 0.2) is 36.5 Å². The van der Waals surface area contributed by atoms with Crippen LogP contribution in [0.1, 0.15) is 5.56 Å². The molecular weight excluding hydrogens is 264 g/mol. The van der Waals surface area contributed by atoms with E-state index in [2.05, 4.69) is 4.98 Å². The summed E-state index contributed by atoms with van der Waals surface area (Å²) < 4.78 is 18.6. The van der Waals surface area contributed by atoms with Crippen LogP contribution in [0.3, 0.4) is 0 Å². The first-order chi connectivity index (χ1) is 8.16. The molecule has 0 saturated heterocycles. The molecule has 0 spiro atoms. The first kappa shape index (κ1) is 12.1. The number of nitrogens with zero attached hydrogens (tertiary/aromatic N) is 1. The molecule has 2 aromatic rings. The van der Waals surface area contributed by atoms with Crippen molar-refractivity contribution < 1.29 is 9.13 Å². The van der Waals surface area contributed by atoms with Crippen LogP contribution >= 0.6 is 23.2 Å². The standard InChI is InChI=1S/C12H8Cl2FNO/c13-9-5-12(14)16-6-8(9)7-17-11-4-2-1-3-10(11)15/h1-6H,7H2. The third kappa shape index (κ3) is 3.08. The van der Waals surface area contributed by atoms with E-state index in [4.69, 9.17) is 27.9 Å². The maximum Gasteiger partial charge on any atom is 0.165 e. The zero-order chi connectivity index (χ0) is 12.3. The van der Waals surface area contributed by atoms with Gasteiger partial charge in [-0.3, -0.25) is 0 Å². The second-order valence-electron chi connectivity index (χ2n) is 3.32. The minimum atomic E-state index is -0.412. The van der Waals surface area contributed by atoms with Gasteiger partial charge in [-0.25, -0.2) is 9.37 Å². The van der Waals surface area contributed by atoms with Gasteiger partial charge in [0.05, 0.1) is 5.02 Å². The summed E-state index contributed by atoms with van der Waals surface area (Å²) in [5.41, 5.74) is 0.652. The van der Waals surface area contributed by atoms with E-state index in [1.54, 1.807) is 18.2 Å². The Labute approximate surface area is 108 Å². The highest BCUT2D eigenvalue weighted by Gasteiger charge is 2.05. The van der Waals surface area contributed by atoms with Gasteiger partial charge < -0.3 is 4.74 Å². The Kier molecular flexibility index (Phi) is 3.82. The summed E-state index contributed by atoms with van der Waals surface area (Å²) in [5, 5.41) is 0.756. The third-order valence-corrected chi connectivity index (χ3v) is 2.67. The molecule has 88 valence electrons. The topological polar surface area (TPSA) is 22.1 Å². The minimum Gasteiger partial charge on any atom is -0.486 e. The van der Waals surface area contributed by atoms with Crippen LogP contribution in [0.2, 0.25) is 10.2 Å². The lowest BCUT2D eigenvalue weighted by atomic mass is 10.3. The predicted octanol–water partition coefficient (Wildman–Crippen LogP) is 4.11. The van der Waals surface area contributed by atoms with Crippen LogP contribution in [-0.2, 0) is 6.61 Å². The molecule has 1 aromatic carbocycles. The summed E-state index contributed by atoms with van der Waals surface area (Å²) in [6, 6.07) is 7.69. The van der Waals surface area contributed by atoms with Gasteiger partial charge in [-0.15, -0.1) is 0 Å². The zero-order valence-electron chi connectivity index (χ0n) is 8.66. The Morgan fingerprint density at radius 2 is 2.00 bits per heavy atom. The SMILES string of the molecule is Fc1ccccc1OCc1cnc(Cl)cc1Cl. The van der Waals surface area contributed by atoms with Crippen molar-refractivity contribution in [2.75, 3.05) is 0 Å². The number of rotatable bonds is 3. The van der Waals surface area contributed by atoms with Crippen molar-refractivity contribution in [2.24, 2.45) is 0 Å². The van der Waals surface area contributed by atoms with Crippen molar-refractivity contribution in [3.05, 3.63) is 58.1 Å². The van der Waals surface area contributed by atoms with Crippen LogP contribution in [0.4, 0.5) is 4.39 Å². The highest BCUT2D eigenvalue weighted by molar-refractivity contribution is 6.34. The van der Waals surface area contributed by atoms with E-state index in [1.165, 1.54) is 18.3 Å². The molecule has 0 amide bonds. The van der Waals surface area contributed by atoms with Gasteiger partial charge in [-0.1, -0.05) is 35.3 Å². The fourth-order valence-corrected chi connectivity index (χ4v) is 1.68. The molecule has 0 aliphatic heterocycles. The lowest BCUT2D eigenvalue weighted by Gasteiger charge is -2.08. The van der Waals surface area contributed by atoms with Gasteiger partial charge in [0.2, 0.25) is 0 Å². The molecule has 0 saturated carbocycles. The van der Waals surface area contributed by atoms with E-state index < -0.39 is 5.82 Å². The Hall–Kier alpha value is -1.32. The average Bonchev–Trinajstić information content (AvgIpc) is 2.30. The van der Waals surface area contributed by atoms with Crippen LogP contribution in [0.25, 0.3) is 0 Å². The van der Waals surface area contributed by atoms with E-state index in [9.17, 15) is 4.39 Å². The fourth-order valence-electron chi connectivity index (χ4n) is 1.26. The highest BCUT2D eigenvalue weighted by atomic mass is 35.5. The molecule has 0 atom stereocenters. The Bertz CT molecular complexity index is 534. The molecule has 0 fully saturated rings. The van der Waals surface area contributed by atoms with E-state index in [0.29, 0.717) is 15.7 Å². The summed E-state index contributed by atoms with van der Waals surface area (Å²) in [6.45, 7) is 0.143. The number of pyridine rings is 1. The van der Waals surface area contributed by atoms with E-state index >= 15 is 0 Å². The lowest BCUT2D eigenvalue weighted by Crippen LogP contribution is -1.98. The van der Waals surface area contributed by atoms with E-state index in [1.807, 2.05) is 0 Å². The van der Waals surface area contributed by atoms with Crippen molar-refractivity contribution in [1.82, 2.24) is 4.98 Å². The van der Waals surface area contributed by atoms with Gasteiger partial charge in [-0.2, -0.15) is 0 Å². The first-order valence-electron chi connectivity index (χ1n) is 4.84. The molecule has 0 bridgehead atoms. The Balaban J connectivity index is 2.10. The van der Waals surface area contributed by atoms with Gasteiger partial charge in [0.1, 0.15) is 11.8 Å². The second kappa shape index (κ2) is 5.34. The number of hydrogen-bond donors (Lipinski definition) is 0. The smallest absolute Gasteiger partial charge is 0.165 e. The monoisotopic (exact) mass is 271 g/mol. The van der Waals surface area contributed by atoms with Crippen molar-refractivity contribution >= 4 is 23.2 Å². The van der Waals surface area contributed by atoms with Crippen molar-refractivity contribution in [3.63, 3.8) is 0 Å². The summed E-state index contributed by atoms with van der Waals surface area (Å²) in [5.74, 6) is -0.232. The van der Waals surface area contributed by atoms with Crippen molar-refractivity contribution in [1.29, 1.82) is 0 Å². The molecule has 0 N–H and O–H groups in total. The number of aromatic nitrogens is 1. The summed E-state index contributed by atoms with van der Waals surface area (Å²) >= 11 is 11.6. The molecule has 0 radical (unpaired) electrons. The molecule has 2 rings (SSSR count). The maximum absolute atomic E-state index is 13.3. The molecule has 1 heterocycles. The minimum absolute atomic E-state index is 0.143. The molecule has 5 heteroatoms. The van der Waals surface area contributed by atoms with Gasteiger partial charge in [0.15, 0.2) is 11.6 Å². The van der Waals surface area contributed by atoms with Crippen molar-refractivity contribution in [2.45, 2.75) is 6.61 Å².